The Hall–Kier alpha value is -1.89. The molecule has 3 N–H and O–H groups in total. The molecule has 0 heterocycles. The molecule has 0 aliphatic carbocycles. The zero-order valence-electron chi connectivity index (χ0n) is 11.6. The van der Waals surface area contributed by atoms with E-state index in [1.165, 1.54) is 0 Å². The van der Waals surface area contributed by atoms with E-state index in [1.807, 2.05) is 24.3 Å². The molecule has 6 nitrogen and oxygen atoms in total. The number of hydrogen-bond donors (Lipinski definition) is 3. The summed E-state index contributed by atoms with van der Waals surface area (Å²) in [6.07, 6.45) is 0.115. The molecule has 0 fully saturated rings. The highest BCUT2D eigenvalue weighted by Gasteiger charge is 2.12. The molecule has 1 atom stereocenters. The van der Waals surface area contributed by atoms with E-state index in [0.29, 0.717) is 0 Å². The molecule has 0 radical (unpaired) electrons. The summed E-state index contributed by atoms with van der Waals surface area (Å²) in [5, 5.41) is 13.3. The molecule has 21 heavy (non-hydrogen) atoms. The summed E-state index contributed by atoms with van der Waals surface area (Å²) in [7, 11) is 0. The molecule has 114 valence electrons. The average Bonchev–Trinajstić information content (AvgIpc) is 2.37. The van der Waals surface area contributed by atoms with Gasteiger partial charge in [-0.05, 0) is 31.0 Å². The second kappa shape index (κ2) is 8.41. The molecule has 0 saturated carbocycles. The lowest BCUT2D eigenvalue weighted by Gasteiger charge is -2.14. The summed E-state index contributed by atoms with van der Waals surface area (Å²) < 4.78 is 0.902. The van der Waals surface area contributed by atoms with Crippen LogP contribution in [0.1, 0.15) is 37.8 Å². The first-order valence-corrected chi connectivity index (χ1v) is 7.25. The second-order valence-corrected chi connectivity index (χ2v) is 5.46. The molecule has 1 unspecified atom stereocenters. The molecular weight excluding hydrogens is 340 g/mol. The van der Waals surface area contributed by atoms with Gasteiger partial charge in [-0.2, -0.15) is 0 Å². The van der Waals surface area contributed by atoms with E-state index in [0.717, 1.165) is 10.0 Å². The lowest BCUT2D eigenvalue weighted by atomic mass is 10.1. The molecule has 1 aromatic rings. The maximum atomic E-state index is 11.6. The maximum Gasteiger partial charge on any atom is 0.321 e. The van der Waals surface area contributed by atoms with Crippen molar-refractivity contribution in [1.82, 2.24) is 10.6 Å². The van der Waals surface area contributed by atoms with Crippen LogP contribution in [0.5, 0.6) is 0 Å². The number of carbonyl (C=O) groups excluding carboxylic acids is 2. The van der Waals surface area contributed by atoms with Crippen molar-refractivity contribution >= 4 is 33.8 Å². The van der Waals surface area contributed by atoms with Crippen molar-refractivity contribution < 1.29 is 19.5 Å². The number of aliphatic carboxylic acids is 1. The van der Waals surface area contributed by atoms with Gasteiger partial charge in [-0.1, -0.05) is 28.1 Å². The number of hydrogen-bond acceptors (Lipinski definition) is 3. The molecule has 0 saturated heterocycles. The SMILES string of the molecule is CC(NC(=O)NC(=O)CCCC(=O)O)c1cccc(Br)c1. The summed E-state index contributed by atoms with van der Waals surface area (Å²) in [6, 6.07) is 6.62. The first kappa shape index (κ1) is 17.2. The summed E-state index contributed by atoms with van der Waals surface area (Å²) >= 11 is 3.35. The standard InChI is InChI=1S/C14H17BrN2O4/c1-9(10-4-2-5-11(15)8-10)16-14(21)17-12(18)6-3-7-13(19)20/h2,4-5,8-9H,3,6-7H2,1H3,(H,19,20)(H2,16,17,18,21). The lowest BCUT2D eigenvalue weighted by Crippen LogP contribution is -2.40. The normalized spacial score (nSPS) is 11.5. The van der Waals surface area contributed by atoms with Crippen LogP contribution in [0.2, 0.25) is 0 Å². The number of carboxylic acids is 1. The topological polar surface area (TPSA) is 95.5 Å². The van der Waals surface area contributed by atoms with Gasteiger partial charge in [0.15, 0.2) is 0 Å². The number of benzene rings is 1. The van der Waals surface area contributed by atoms with Crippen LogP contribution in [0.25, 0.3) is 0 Å². The molecule has 0 spiro atoms. The third kappa shape index (κ3) is 6.89. The number of carboxylic acid groups (broad SMARTS) is 1. The van der Waals surface area contributed by atoms with Crippen LogP contribution >= 0.6 is 15.9 Å². The van der Waals surface area contributed by atoms with Crippen molar-refractivity contribution in [2.75, 3.05) is 0 Å². The van der Waals surface area contributed by atoms with Gasteiger partial charge in [0.25, 0.3) is 0 Å². The van der Waals surface area contributed by atoms with Crippen LogP contribution in [0.15, 0.2) is 28.7 Å². The van der Waals surface area contributed by atoms with Gasteiger partial charge >= 0.3 is 12.0 Å². The Kier molecular flexibility index (Phi) is 6.87. The fraction of sp³-hybridized carbons (Fsp3) is 0.357. The monoisotopic (exact) mass is 356 g/mol. The summed E-state index contributed by atoms with van der Waals surface area (Å²) in [5.41, 5.74) is 0.901. The number of nitrogens with one attached hydrogen (secondary N) is 2. The van der Waals surface area contributed by atoms with Gasteiger partial charge in [0, 0.05) is 17.3 Å². The van der Waals surface area contributed by atoms with E-state index in [1.54, 1.807) is 6.92 Å². The summed E-state index contributed by atoms with van der Waals surface area (Å²) in [5.74, 6) is -1.45. The van der Waals surface area contributed by atoms with Gasteiger partial charge in [-0.3, -0.25) is 14.9 Å². The first-order valence-electron chi connectivity index (χ1n) is 6.46. The van der Waals surface area contributed by atoms with Gasteiger partial charge < -0.3 is 10.4 Å². The Bertz CT molecular complexity index is 533. The largest absolute Gasteiger partial charge is 0.481 e. The highest BCUT2D eigenvalue weighted by molar-refractivity contribution is 9.10. The van der Waals surface area contributed by atoms with Crippen molar-refractivity contribution in [3.8, 4) is 0 Å². The quantitative estimate of drug-likeness (QED) is 0.729. The molecular formula is C14H17BrN2O4. The molecule has 0 aliphatic heterocycles. The van der Waals surface area contributed by atoms with E-state index in [-0.39, 0.29) is 25.3 Å². The van der Waals surface area contributed by atoms with E-state index in [2.05, 4.69) is 26.6 Å². The minimum atomic E-state index is -0.962. The third-order valence-corrected chi connectivity index (χ3v) is 3.24. The van der Waals surface area contributed by atoms with Crippen LogP contribution < -0.4 is 10.6 Å². The summed E-state index contributed by atoms with van der Waals surface area (Å²) in [6.45, 7) is 1.80. The lowest BCUT2D eigenvalue weighted by molar-refractivity contribution is -0.137. The van der Waals surface area contributed by atoms with Crippen LogP contribution in [-0.2, 0) is 9.59 Å². The molecule has 0 aromatic heterocycles. The van der Waals surface area contributed by atoms with Crippen molar-refractivity contribution in [3.63, 3.8) is 0 Å². The van der Waals surface area contributed by atoms with Gasteiger partial charge in [-0.25, -0.2) is 4.79 Å². The Morgan fingerprint density at radius 3 is 2.62 bits per heavy atom. The predicted octanol–water partition coefficient (Wildman–Crippen LogP) is 2.59. The first-order chi connectivity index (χ1) is 9.88. The van der Waals surface area contributed by atoms with Crippen LogP contribution in [0, 0.1) is 0 Å². The highest BCUT2D eigenvalue weighted by Crippen LogP contribution is 2.17. The summed E-state index contributed by atoms with van der Waals surface area (Å²) in [4.78, 5) is 33.4. The van der Waals surface area contributed by atoms with Gasteiger partial charge in [0.2, 0.25) is 5.91 Å². The highest BCUT2D eigenvalue weighted by atomic mass is 79.9. The molecule has 0 aliphatic rings. The maximum absolute atomic E-state index is 11.6. The number of carbonyl (C=O) groups is 3. The van der Waals surface area contributed by atoms with E-state index in [9.17, 15) is 14.4 Å². The minimum Gasteiger partial charge on any atom is -0.481 e. The molecule has 7 heteroatoms. The van der Waals surface area contributed by atoms with Crippen molar-refractivity contribution in [2.45, 2.75) is 32.2 Å². The zero-order valence-corrected chi connectivity index (χ0v) is 13.1. The van der Waals surface area contributed by atoms with Gasteiger partial charge in [-0.15, -0.1) is 0 Å². The second-order valence-electron chi connectivity index (χ2n) is 4.55. The van der Waals surface area contributed by atoms with Crippen LogP contribution in [0.4, 0.5) is 4.79 Å². The Labute approximate surface area is 131 Å². The smallest absolute Gasteiger partial charge is 0.321 e. The number of urea groups is 1. The molecule has 1 aromatic carbocycles. The molecule has 3 amide bonds. The fourth-order valence-electron chi connectivity index (χ4n) is 1.68. The van der Waals surface area contributed by atoms with Gasteiger partial charge in [0.1, 0.15) is 0 Å². The van der Waals surface area contributed by atoms with Gasteiger partial charge in [0.05, 0.1) is 6.04 Å². The fourth-order valence-corrected chi connectivity index (χ4v) is 2.10. The third-order valence-electron chi connectivity index (χ3n) is 2.74. The van der Waals surface area contributed by atoms with Crippen molar-refractivity contribution in [1.29, 1.82) is 0 Å². The Balaban J connectivity index is 2.39. The van der Waals surface area contributed by atoms with Crippen LogP contribution in [-0.4, -0.2) is 23.0 Å². The number of amides is 3. The van der Waals surface area contributed by atoms with E-state index >= 15 is 0 Å². The minimum absolute atomic E-state index is 0.00495. The van der Waals surface area contributed by atoms with Crippen molar-refractivity contribution in [2.24, 2.45) is 0 Å². The molecule has 0 bridgehead atoms. The van der Waals surface area contributed by atoms with E-state index < -0.39 is 17.9 Å². The number of halogens is 1. The molecule has 1 rings (SSSR count). The number of rotatable bonds is 6. The Morgan fingerprint density at radius 1 is 1.29 bits per heavy atom. The zero-order chi connectivity index (χ0) is 15.8. The van der Waals surface area contributed by atoms with Crippen LogP contribution in [0.3, 0.4) is 0 Å². The Morgan fingerprint density at radius 2 is 2.00 bits per heavy atom. The average molecular weight is 357 g/mol. The van der Waals surface area contributed by atoms with E-state index in [4.69, 9.17) is 5.11 Å². The number of imide groups is 1. The predicted molar refractivity (Wildman–Crippen MR) is 80.7 cm³/mol. The van der Waals surface area contributed by atoms with Crippen molar-refractivity contribution in [3.05, 3.63) is 34.3 Å².